The van der Waals surface area contributed by atoms with Gasteiger partial charge >= 0.3 is 0 Å². The summed E-state index contributed by atoms with van der Waals surface area (Å²) in [6.45, 7) is 7.16. The second-order valence-corrected chi connectivity index (χ2v) is 8.22. The van der Waals surface area contributed by atoms with E-state index in [1.54, 1.807) is 0 Å². The summed E-state index contributed by atoms with van der Waals surface area (Å²) in [6.07, 6.45) is 1.31. The average Bonchev–Trinajstić information content (AvgIpc) is 3.05. The third-order valence-corrected chi connectivity index (χ3v) is 4.73. The van der Waals surface area contributed by atoms with E-state index in [2.05, 4.69) is 16.2 Å². The second kappa shape index (κ2) is 7.94. The molecule has 1 aromatic heterocycles. The third-order valence-electron chi connectivity index (χ3n) is 3.67. The van der Waals surface area contributed by atoms with E-state index in [1.807, 2.05) is 43.2 Å². The van der Waals surface area contributed by atoms with Crippen LogP contribution in [0.5, 0.6) is 0 Å². The van der Waals surface area contributed by atoms with Gasteiger partial charge in [-0.2, -0.15) is 0 Å². The van der Waals surface area contributed by atoms with Gasteiger partial charge in [-0.05, 0) is 57.3 Å². The minimum atomic E-state index is -0.164. The monoisotopic (exact) mass is 368 g/mol. The number of hydrogen-bond donors (Lipinski definition) is 3. The van der Waals surface area contributed by atoms with Gasteiger partial charge in [0.15, 0.2) is 5.11 Å². The molecule has 0 spiro atoms. The summed E-state index contributed by atoms with van der Waals surface area (Å²) < 4.78 is 0. The Kier molecular flexibility index (Phi) is 6.17. The Hall–Kier alpha value is -1.67. The molecule has 2 heterocycles. The first-order chi connectivity index (χ1) is 11.3. The number of hydrogen-bond acceptors (Lipinski definition) is 4. The fourth-order valence-corrected chi connectivity index (χ4v) is 3.54. The Morgan fingerprint density at radius 2 is 1.92 bits per heavy atom. The zero-order valence-corrected chi connectivity index (χ0v) is 15.9. The number of rotatable bonds is 2. The highest BCUT2D eigenvalue weighted by Gasteiger charge is 2.28. The Bertz CT molecular complexity index is 588. The van der Waals surface area contributed by atoms with E-state index in [0.717, 1.165) is 4.88 Å². The van der Waals surface area contributed by atoms with Crippen molar-refractivity contribution in [3.8, 4) is 0 Å². The van der Waals surface area contributed by atoms with E-state index in [4.69, 9.17) is 12.2 Å². The summed E-state index contributed by atoms with van der Waals surface area (Å²) in [6, 6.07) is 3.71. The number of piperidine rings is 1. The number of carbonyl (C=O) groups is 2. The highest BCUT2D eigenvalue weighted by Crippen LogP contribution is 2.20. The topological polar surface area (TPSA) is 73.5 Å². The van der Waals surface area contributed by atoms with Crippen molar-refractivity contribution in [2.45, 2.75) is 39.2 Å². The lowest BCUT2D eigenvalue weighted by atomic mass is 9.96. The van der Waals surface area contributed by atoms with E-state index < -0.39 is 0 Å². The normalized spacial score (nSPS) is 15.7. The number of nitrogens with zero attached hydrogens (tertiary/aromatic N) is 1. The van der Waals surface area contributed by atoms with Gasteiger partial charge in [-0.1, -0.05) is 6.07 Å². The number of likely N-dealkylation sites (tertiary alicyclic amines) is 1. The lowest BCUT2D eigenvalue weighted by molar-refractivity contribution is -0.126. The maximum absolute atomic E-state index is 12.3. The fraction of sp³-hybridized carbons (Fsp3) is 0.562. The first-order valence-corrected chi connectivity index (χ1v) is 9.26. The van der Waals surface area contributed by atoms with Gasteiger partial charge in [0.05, 0.1) is 4.88 Å². The molecule has 1 saturated heterocycles. The Morgan fingerprint density at radius 3 is 2.46 bits per heavy atom. The molecule has 0 bridgehead atoms. The van der Waals surface area contributed by atoms with Crippen molar-refractivity contribution in [1.29, 1.82) is 0 Å². The maximum atomic E-state index is 12.3. The number of amides is 2. The molecule has 0 aliphatic carbocycles. The van der Waals surface area contributed by atoms with Crippen molar-refractivity contribution in [3.05, 3.63) is 22.4 Å². The van der Waals surface area contributed by atoms with Crippen LogP contribution < -0.4 is 16.2 Å². The van der Waals surface area contributed by atoms with E-state index >= 15 is 0 Å². The zero-order chi connectivity index (χ0) is 17.7. The molecule has 24 heavy (non-hydrogen) atoms. The van der Waals surface area contributed by atoms with Crippen LogP contribution in [0.15, 0.2) is 17.5 Å². The quantitative estimate of drug-likeness (QED) is 0.549. The molecule has 0 saturated carbocycles. The van der Waals surface area contributed by atoms with Gasteiger partial charge in [-0.3, -0.25) is 20.4 Å². The summed E-state index contributed by atoms with van der Waals surface area (Å²) in [4.78, 5) is 27.1. The van der Waals surface area contributed by atoms with E-state index in [1.165, 1.54) is 11.3 Å². The van der Waals surface area contributed by atoms with Crippen molar-refractivity contribution in [3.63, 3.8) is 0 Å². The molecule has 0 radical (unpaired) electrons. The predicted molar refractivity (Wildman–Crippen MR) is 99.7 cm³/mol. The van der Waals surface area contributed by atoms with Crippen LogP contribution in [0.1, 0.15) is 43.3 Å². The Labute approximate surface area is 152 Å². The number of nitrogens with one attached hydrogen (secondary N) is 3. The minimum absolute atomic E-state index is 0.0533. The Balaban J connectivity index is 1.74. The van der Waals surface area contributed by atoms with Crippen LogP contribution in [0.3, 0.4) is 0 Å². The minimum Gasteiger partial charge on any atom is -0.357 e. The molecular formula is C16H24N4O2S2. The maximum Gasteiger partial charge on any atom is 0.263 e. The summed E-state index contributed by atoms with van der Waals surface area (Å²) in [7, 11) is 0. The van der Waals surface area contributed by atoms with Crippen LogP contribution >= 0.6 is 23.6 Å². The standard InChI is InChI=1S/C16H24N4O2S2/c1-16(2,3)17-15(23)19-18-13(21)11-6-8-20(9-7-11)14(22)12-5-4-10-24-12/h4-5,10-11H,6-9H2,1-3H3,(H,18,21)(H2,17,19,23). The van der Waals surface area contributed by atoms with Gasteiger partial charge < -0.3 is 10.2 Å². The predicted octanol–water partition coefficient (Wildman–Crippen LogP) is 1.89. The van der Waals surface area contributed by atoms with Crippen LogP contribution in [-0.2, 0) is 4.79 Å². The second-order valence-electron chi connectivity index (χ2n) is 6.86. The van der Waals surface area contributed by atoms with Crippen molar-refractivity contribution >= 4 is 40.5 Å². The molecule has 1 fully saturated rings. The number of carbonyl (C=O) groups excluding carboxylic acids is 2. The lowest BCUT2D eigenvalue weighted by Crippen LogP contribution is -2.54. The highest BCUT2D eigenvalue weighted by atomic mass is 32.1. The molecule has 1 aromatic rings. The molecule has 0 atom stereocenters. The molecule has 0 unspecified atom stereocenters. The highest BCUT2D eigenvalue weighted by molar-refractivity contribution is 7.80. The van der Waals surface area contributed by atoms with Gasteiger partial charge in [0, 0.05) is 24.5 Å². The van der Waals surface area contributed by atoms with Gasteiger partial charge in [0.25, 0.3) is 5.91 Å². The van der Waals surface area contributed by atoms with Gasteiger partial charge in [-0.25, -0.2) is 0 Å². The number of thiophene rings is 1. The average molecular weight is 369 g/mol. The largest absolute Gasteiger partial charge is 0.357 e. The molecule has 2 amide bonds. The third kappa shape index (κ3) is 5.45. The molecule has 2 rings (SSSR count). The van der Waals surface area contributed by atoms with Crippen LogP contribution in [0.25, 0.3) is 0 Å². The van der Waals surface area contributed by atoms with Crippen LogP contribution in [-0.4, -0.2) is 40.5 Å². The zero-order valence-electron chi connectivity index (χ0n) is 14.2. The summed E-state index contributed by atoms with van der Waals surface area (Å²) in [5.74, 6) is -0.142. The van der Waals surface area contributed by atoms with Crippen molar-refractivity contribution in [1.82, 2.24) is 21.1 Å². The molecule has 1 aliphatic rings. The molecule has 8 heteroatoms. The molecular weight excluding hydrogens is 344 g/mol. The van der Waals surface area contributed by atoms with Crippen molar-refractivity contribution < 1.29 is 9.59 Å². The van der Waals surface area contributed by atoms with Crippen molar-refractivity contribution in [2.75, 3.05) is 13.1 Å². The Morgan fingerprint density at radius 1 is 1.25 bits per heavy atom. The van der Waals surface area contributed by atoms with Crippen LogP contribution in [0.4, 0.5) is 0 Å². The number of hydrazine groups is 1. The summed E-state index contributed by atoms with van der Waals surface area (Å²) >= 11 is 6.58. The first-order valence-electron chi connectivity index (χ1n) is 7.97. The lowest BCUT2D eigenvalue weighted by Gasteiger charge is -2.31. The molecule has 1 aliphatic heterocycles. The van der Waals surface area contributed by atoms with Crippen LogP contribution in [0.2, 0.25) is 0 Å². The van der Waals surface area contributed by atoms with Gasteiger partial charge in [-0.15, -0.1) is 11.3 Å². The number of thiocarbonyl (C=S) groups is 1. The van der Waals surface area contributed by atoms with Crippen LogP contribution in [0, 0.1) is 5.92 Å². The van der Waals surface area contributed by atoms with Crippen molar-refractivity contribution in [2.24, 2.45) is 5.92 Å². The smallest absolute Gasteiger partial charge is 0.263 e. The summed E-state index contributed by atoms with van der Waals surface area (Å²) in [5, 5.41) is 5.36. The molecule has 0 aromatic carbocycles. The van der Waals surface area contributed by atoms with E-state index in [9.17, 15) is 9.59 Å². The molecule has 6 nitrogen and oxygen atoms in total. The van der Waals surface area contributed by atoms with E-state index in [0.29, 0.717) is 31.0 Å². The van der Waals surface area contributed by atoms with Gasteiger partial charge in [0.2, 0.25) is 5.91 Å². The fourth-order valence-electron chi connectivity index (χ4n) is 2.49. The SMILES string of the molecule is CC(C)(C)NC(=S)NNC(=O)C1CCN(C(=O)c2cccs2)CC1. The molecule has 132 valence electrons. The van der Waals surface area contributed by atoms with E-state index in [-0.39, 0.29) is 23.3 Å². The molecule has 3 N–H and O–H groups in total. The summed E-state index contributed by atoms with van der Waals surface area (Å²) in [5.41, 5.74) is 5.22. The first kappa shape index (κ1) is 18.7. The van der Waals surface area contributed by atoms with Gasteiger partial charge in [0.1, 0.15) is 0 Å².